The monoisotopic (exact) mass is 495 g/mol. The molecule has 0 spiro atoms. The first-order valence-corrected chi connectivity index (χ1v) is 12.6. The number of imide groups is 1. The average Bonchev–Trinajstić information content (AvgIpc) is 3.44. The van der Waals surface area contributed by atoms with Crippen LogP contribution in [0.25, 0.3) is 11.1 Å². The van der Waals surface area contributed by atoms with E-state index in [1.807, 2.05) is 19.1 Å². The van der Waals surface area contributed by atoms with Gasteiger partial charge in [0.25, 0.3) is 11.8 Å². The van der Waals surface area contributed by atoms with E-state index in [0.29, 0.717) is 29.5 Å². The Kier molecular flexibility index (Phi) is 4.49. The van der Waals surface area contributed by atoms with Gasteiger partial charge in [-0.2, -0.15) is 0 Å². The Bertz CT molecular complexity index is 1540. The zero-order chi connectivity index (χ0) is 24.5. The Labute approximate surface area is 199 Å². The summed E-state index contributed by atoms with van der Waals surface area (Å²) in [6, 6.07) is 9.37. The standard InChI is InChI=1S/C23H21N5O6S/c1-12-2-3-13-10-28(20(29)15(13)8-12)11-23(21(30)25-22(31)26-23)18-9-16-17(34-18)6-7-19(24-16)27-35(32,33)14-4-5-14/h2-3,6-9,14H,4-5,10-11H2,1H3,(H,24,27)(H2,25,26,30,31)/t23-/m0/s1. The fraction of sp³-hybridized carbons (Fsp3) is 0.304. The van der Waals surface area contributed by atoms with E-state index in [2.05, 4.69) is 20.3 Å². The molecular weight excluding hydrogens is 474 g/mol. The Morgan fingerprint density at radius 2 is 1.97 bits per heavy atom. The van der Waals surface area contributed by atoms with Gasteiger partial charge >= 0.3 is 6.03 Å². The van der Waals surface area contributed by atoms with Crippen molar-refractivity contribution in [2.24, 2.45) is 0 Å². The first-order valence-electron chi connectivity index (χ1n) is 11.1. The number of carbonyl (C=O) groups excluding carboxylic acids is 3. The predicted molar refractivity (Wildman–Crippen MR) is 124 cm³/mol. The van der Waals surface area contributed by atoms with Crippen LogP contribution in [-0.2, 0) is 26.9 Å². The minimum absolute atomic E-state index is 0.0884. The summed E-state index contributed by atoms with van der Waals surface area (Å²) < 4.78 is 32.9. The van der Waals surface area contributed by atoms with Crippen LogP contribution in [0.1, 0.15) is 40.1 Å². The van der Waals surface area contributed by atoms with Crippen LogP contribution in [-0.4, -0.2) is 47.9 Å². The summed E-state index contributed by atoms with van der Waals surface area (Å²) in [6.45, 7) is 2.02. The molecule has 11 nitrogen and oxygen atoms in total. The van der Waals surface area contributed by atoms with Crippen LogP contribution < -0.4 is 15.4 Å². The summed E-state index contributed by atoms with van der Waals surface area (Å²) in [5.74, 6) is -0.684. The molecule has 3 N–H and O–H groups in total. The molecule has 0 bridgehead atoms. The Hall–Kier alpha value is -3.93. The van der Waals surface area contributed by atoms with Gasteiger partial charge in [0.2, 0.25) is 10.0 Å². The predicted octanol–water partition coefficient (Wildman–Crippen LogP) is 1.73. The van der Waals surface area contributed by atoms with Crippen LogP contribution in [0.3, 0.4) is 0 Å². The molecule has 1 atom stereocenters. The molecule has 4 heterocycles. The molecule has 6 rings (SSSR count). The normalized spacial score (nSPS) is 21.9. The lowest BCUT2D eigenvalue weighted by Crippen LogP contribution is -2.52. The largest absolute Gasteiger partial charge is 0.456 e. The Balaban J connectivity index is 1.35. The summed E-state index contributed by atoms with van der Waals surface area (Å²) in [6.07, 6.45) is 1.23. The summed E-state index contributed by atoms with van der Waals surface area (Å²) in [7, 11) is -3.51. The molecule has 180 valence electrons. The third-order valence-corrected chi connectivity index (χ3v) is 8.36. The summed E-state index contributed by atoms with van der Waals surface area (Å²) in [5.41, 5.74) is 1.27. The number of pyridine rings is 1. The number of amides is 4. The number of anilines is 1. The highest BCUT2D eigenvalue weighted by atomic mass is 32.2. The van der Waals surface area contributed by atoms with Crippen molar-refractivity contribution >= 4 is 44.8 Å². The number of nitrogens with zero attached hydrogens (tertiary/aromatic N) is 2. The number of hydrogen-bond donors (Lipinski definition) is 3. The van der Waals surface area contributed by atoms with E-state index in [9.17, 15) is 22.8 Å². The minimum Gasteiger partial charge on any atom is -0.456 e. The quantitative estimate of drug-likeness (QED) is 0.441. The Morgan fingerprint density at radius 1 is 1.17 bits per heavy atom. The number of sulfonamides is 1. The van der Waals surface area contributed by atoms with E-state index in [-0.39, 0.29) is 30.6 Å². The number of rotatable bonds is 6. The number of fused-ring (bicyclic) bond motifs is 2. The molecular formula is C23H21N5O6S. The van der Waals surface area contributed by atoms with Crippen LogP contribution in [0.15, 0.2) is 40.8 Å². The molecule has 0 unspecified atom stereocenters. The lowest BCUT2D eigenvalue weighted by atomic mass is 9.95. The highest BCUT2D eigenvalue weighted by molar-refractivity contribution is 7.93. The van der Waals surface area contributed by atoms with E-state index >= 15 is 0 Å². The van der Waals surface area contributed by atoms with Gasteiger partial charge in [-0.1, -0.05) is 17.7 Å². The second kappa shape index (κ2) is 7.28. The van der Waals surface area contributed by atoms with Gasteiger partial charge in [-0.25, -0.2) is 18.2 Å². The topological polar surface area (TPSA) is 151 Å². The second-order valence-electron chi connectivity index (χ2n) is 9.17. The van der Waals surface area contributed by atoms with Crippen molar-refractivity contribution in [2.75, 3.05) is 11.3 Å². The van der Waals surface area contributed by atoms with Gasteiger partial charge in [-0.15, -0.1) is 0 Å². The van der Waals surface area contributed by atoms with E-state index in [1.54, 1.807) is 12.1 Å². The highest BCUT2D eigenvalue weighted by Gasteiger charge is 2.53. The number of urea groups is 1. The molecule has 1 saturated carbocycles. The maximum atomic E-state index is 13.1. The van der Waals surface area contributed by atoms with E-state index in [4.69, 9.17) is 4.42 Å². The molecule has 3 aliphatic rings. The lowest BCUT2D eigenvalue weighted by Gasteiger charge is -2.28. The number of furan rings is 1. The fourth-order valence-corrected chi connectivity index (χ4v) is 5.87. The molecule has 1 aliphatic carbocycles. The first kappa shape index (κ1) is 21.6. The molecule has 12 heteroatoms. The second-order valence-corrected chi connectivity index (χ2v) is 11.1. The van der Waals surface area contributed by atoms with Gasteiger partial charge in [0, 0.05) is 18.2 Å². The maximum Gasteiger partial charge on any atom is 0.322 e. The molecule has 2 aromatic heterocycles. The number of carbonyl (C=O) groups is 3. The number of hydrogen-bond acceptors (Lipinski definition) is 7. The molecule has 2 fully saturated rings. The molecule has 2 aliphatic heterocycles. The fourth-order valence-electron chi connectivity index (χ4n) is 4.54. The number of nitrogens with one attached hydrogen (secondary N) is 3. The van der Waals surface area contributed by atoms with E-state index in [0.717, 1.165) is 11.1 Å². The van der Waals surface area contributed by atoms with Gasteiger partial charge in [-0.05, 0) is 43.5 Å². The lowest BCUT2D eigenvalue weighted by molar-refractivity contribution is -0.125. The SMILES string of the molecule is Cc1ccc2c(c1)C(=O)N(C[C@@]1(c3cc4nc(NS(=O)(=O)C5CC5)ccc4o3)NC(=O)NC1=O)C2. The average molecular weight is 496 g/mol. The van der Waals surface area contributed by atoms with Crippen LogP contribution in [0.2, 0.25) is 0 Å². The van der Waals surface area contributed by atoms with E-state index < -0.39 is 32.8 Å². The summed E-state index contributed by atoms with van der Waals surface area (Å²) in [5, 5.41) is 4.45. The van der Waals surface area contributed by atoms with Crippen molar-refractivity contribution < 1.29 is 27.2 Å². The van der Waals surface area contributed by atoms with Gasteiger partial charge in [0.15, 0.2) is 11.1 Å². The van der Waals surface area contributed by atoms with Crippen molar-refractivity contribution in [3.05, 3.63) is 58.8 Å². The molecule has 1 saturated heterocycles. The van der Waals surface area contributed by atoms with Crippen molar-refractivity contribution in [1.82, 2.24) is 20.5 Å². The smallest absolute Gasteiger partial charge is 0.322 e. The number of aromatic nitrogens is 1. The zero-order valence-corrected chi connectivity index (χ0v) is 19.4. The molecule has 4 amide bonds. The van der Waals surface area contributed by atoms with Crippen molar-refractivity contribution in [1.29, 1.82) is 0 Å². The van der Waals surface area contributed by atoms with Crippen molar-refractivity contribution in [2.45, 2.75) is 37.1 Å². The molecule has 35 heavy (non-hydrogen) atoms. The minimum atomic E-state index is -3.51. The third kappa shape index (κ3) is 3.52. The van der Waals surface area contributed by atoms with Gasteiger partial charge in [0.05, 0.1) is 11.8 Å². The third-order valence-electron chi connectivity index (χ3n) is 6.52. The maximum absolute atomic E-state index is 13.1. The van der Waals surface area contributed by atoms with Gasteiger partial charge < -0.3 is 14.6 Å². The van der Waals surface area contributed by atoms with Crippen molar-refractivity contribution in [3.8, 4) is 0 Å². The Morgan fingerprint density at radius 3 is 2.69 bits per heavy atom. The van der Waals surface area contributed by atoms with Crippen LogP contribution in [0.5, 0.6) is 0 Å². The first-order chi connectivity index (χ1) is 16.6. The van der Waals surface area contributed by atoms with Crippen LogP contribution in [0, 0.1) is 6.92 Å². The molecule has 0 radical (unpaired) electrons. The zero-order valence-electron chi connectivity index (χ0n) is 18.6. The summed E-state index contributed by atoms with van der Waals surface area (Å²) in [4.78, 5) is 44.1. The van der Waals surface area contributed by atoms with Gasteiger partial charge in [0.1, 0.15) is 17.1 Å². The highest BCUT2D eigenvalue weighted by Crippen LogP contribution is 2.35. The van der Waals surface area contributed by atoms with Crippen LogP contribution in [0.4, 0.5) is 10.6 Å². The molecule has 1 aromatic carbocycles. The van der Waals surface area contributed by atoms with Crippen molar-refractivity contribution in [3.63, 3.8) is 0 Å². The van der Waals surface area contributed by atoms with E-state index in [1.165, 1.54) is 17.0 Å². The molecule has 3 aromatic rings. The van der Waals surface area contributed by atoms with Crippen LogP contribution >= 0.6 is 0 Å². The number of benzene rings is 1. The number of aryl methyl sites for hydroxylation is 1. The summed E-state index contributed by atoms with van der Waals surface area (Å²) >= 11 is 0. The van der Waals surface area contributed by atoms with Gasteiger partial charge in [-0.3, -0.25) is 19.6 Å².